The van der Waals surface area contributed by atoms with Crippen molar-refractivity contribution in [1.82, 2.24) is 10.2 Å². The van der Waals surface area contributed by atoms with Gasteiger partial charge in [0.2, 0.25) is 0 Å². The van der Waals surface area contributed by atoms with Crippen LogP contribution in [-0.2, 0) is 17.6 Å². The lowest BCUT2D eigenvalue weighted by molar-refractivity contribution is -0.0851. The van der Waals surface area contributed by atoms with Crippen molar-refractivity contribution in [3.05, 3.63) is 69.7 Å². The Morgan fingerprint density at radius 1 is 0.900 bits per heavy atom. The summed E-state index contributed by atoms with van der Waals surface area (Å²) in [4.78, 5) is 13.5. The van der Waals surface area contributed by atoms with Gasteiger partial charge in [-0.3, -0.25) is 4.90 Å². The van der Waals surface area contributed by atoms with Crippen LogP contribution < -0.4 is 5.32 Å². The van der Waals surface area contributed by atoms with Crippen molar-refractivity contribution < 1.29 is 27.1 Å². The molecule has 1 N–H and O–H groups in total. The Morgan fingerprint density at radius 3 is 1.88 bits per heavy atom. The van der Waals surface area contributed by atoms with Crippen molar-refractivity contribution in [3.63, 3.8) is 0 Å². The molecule has 0 saturated carbocycles. The van der Waals surface area contributed by atoms with Crippen LogP contribution in [-0.4, -0.2) is 53.6 Å². The van der Waals surface area contributed by atoms with Gasteiger partial charge < -0.3 is 10.1 Å². The lowest BCUT2D eigenvalue weighted by Gasteiger charge is -2.40. The molecule has 0 bridgehead atoms. The number of hydrogen-bond donors (Lipinski definition) is 1. The van der Waals surface area contributed by atoms with Gasteiger partial charge in [-0.05, 0) is 81.8 Å². The van der Waals surface area contributed by atoms with Crippen LogP contribution in [0.2, 0.25) is 10.0 Å². The lowest BCUT2D eigenvalue weighted by Crippen LogP contribution is -2.53. The minimum Gasteiger partial charge on any atom is -0.444 e. The number of piperidine rings is 2. The van der Waals surface area contributed by atoms with Crippen molar-refractivity contribution in [3.8, 4) is 0 Å². The van der Waals surface area contributed by atoms with Crippen molar-refractivity contribution in [2.75, 3.05) is 13.1 Å². The number of nitrogens with zero attached hydrogens (tertiary/aromatic N) is 1. The monoisotopic (exact) mass is 626 g/mol. The maximum atomic E-state index is 13.7. The van der Waals surface area contributed by atoms with E-state index in [4.69, 9.17) is 27.9 Å². The molecule has 2 aromatic rings. The van der Waals surface area contributed by atoms with Crippen LogP contribution >= 0.6 is 35.6 Å². The van der Waals surface area contributed by atoms with Crippen LogP contribution in [0.1, 0.15) is 57.6 Å². The molecule has 2 aliphatic heterocycles. The Bertz CT molecular complexity index is 1070. The molecule has 40 heavy (non-hydrogen) atoms. The summed E-state index contributed by atoms with van der Waals surface area (Å²) in [6, 6.07) is 14.6. The second kappa shape index (κ2) is 14.4. The molecule has 0 aliphatic carbocycles. The number of rotatable bonds is 4. The van der Waals surface area contributed by atoms with Crippen LogP contribution in [0.3, 0.4) is 0 Å². The van der Waals surface area contributed by atoms with E-state index >= 15 is 0 Å². The van der Waals surface area contributed by atoms with Crippen LogP contribution in [0.25, 0.3) is 0 Å². The van der Waals surface area contributed by atoms with E-state index in [-0.39, 0.29) is 50.3 Å². The predicted molar refractivity (Wildman–Crippen MR) is 154 cm³/mol. The third-order valence-electron chi connectivity index (χ3n) is 6.60. The molecule has 1 amide bonds. The van der Waals surface area contributed by atoms with E-state index in [0.717, 1.165) is 17.5 Å². The second-order valence-electron chi connectivity index (χ2n) is 11.3. The van der Waals surface area contributed by atoms with Crippen molar-refractivity contribution in [2.45, 2.75) is 88.8 Å². The van der Waals surface area contributed by atoms with Gasteiger partial charge in [-0.2, -0.15) is 0 Å². The molecule has 2 aromatic carbocycles. The molecule has 0 aromatic heterocycles. The van der Waals surface area contributed by atoms with E-state index in [2.05, 4.69) is 5.32 Å². The predicted octanol–water partition coefficient (Wildman–Crippen LogP) is 8.61. The van der Waals surface area contributed by atoms with Gasteiger partial charge in [-0.25, -0.2) is 22.4 Å². The molecule has 0 spiro atoms. The van der Waals surface area contributed by atoms with Gasteiger partial charge in [0.1, 0.15) is 5.60 Å². The molecule has 2 heterocycles. The summed E-state index contributed by atoms with van der Waals surface area (Å²) >= 11 is 11.6. The third kappa shape index (κ3) is 11.6. The van der Waals surface area contributed by atoms with E-state index in [1.165, 1.54) is 4.90 Å². The molecule has 4 nitrogen and oxygen atoms in total. The topological polar surface area (TPSA) is 41.6 Å². The molecule has 4 rings (SSSR count). The maximum absolute atomic E-state index is 13.7. The van der Waals surface area contributed by atoms with E-state index in [1.54, 1.807) is 32.9 Å². The standard InChI is InChI=1S/C17H22ClF2NO2.C12H14ClF2N.ClH/c1-16(2,3)23-15(22)21-11-17(19,20)9-8-14(21)10-12-4-6-13(18)7-5-12;13-10-3-1-9(2-4-10)7-11-5-6-12(14,15)8-16-11;/h4-7,14H,8-11H2,1-3H3;1-4,11,16H,5-8H2;1H/t14-;11-;/m11./s1. The fraction of sp³-hybridized carbons (Fsp3) is 0.552. The highest BCUT2D eigenvalue weighted by molar-refractivity contribution is 6.30. The first kappa shape index (κ1) is 34.5. The minimum absolute atomic E-state index is 0. The molecule has 0 radical (unpaired) electrons. The average molecular weight is 628 g/mol. The summed E-state index contributed by atoms with van der Waals surface area (Å²) in [6.07, 6.45) is 1.14. The summed E-state index contributed by atoms with van der Waals surface area (Å²) in [5, 5.41) is 4.21. The number of likely N-dealkylation sites (tertiary alicyclic amines) is 1. The van der Waals surface area contributed by atoms with Gasteiger partial charge in [0.15, 0.2) is 0 Å². The van der Waals surface area contributed by atoms with Crippen molar-refractivity contribution in [2.24, 2.45) is 0 Å². The zero-order chi connectivity index (χ0) is 28.8. The van der Waals surface area contributed by atoms with Crippen molar-refractivity contribution >= 4 is 41.7 Å². The van der Waals surface area contributed by atoms with E-state index in [0.29, 0.717) is 22.9 Å². The Hall–Kier alpha value is -1.74. The van der Waals surface area contributed by atoms with Gasteiger partial charge in [0.05, 0.1) is 13.1 Å². The van der Waals surface area contributed by atoms with Crippen LogP contribution in [0.5, 0.6) is 0 Å². The highest BCUT2D eigenvalue weighted by Gasteiger charge is 2.43. The number of ether oxygens (including phenoxy) is 1. The van der Waals surface area contributed by atoms with Gasteiger partial charge in [0, 0.05) is 35.0 Å². The number of carbonyl (C=O) groups is 1. The van der Waals surface area contributed by atoms with Crippen LogP contribution in [0, 0.1) is 0 Å². The van der Waals surface area contributed by atoms with E-state index < -0.39 is 30.1 Å². The smallest absolute Gasteiger partial charge is 0.410 e. The fourth-order valence-electron chi connectivity index (χ4n) is 4.58. The Morgan fingerprint density at radius 2 is 1.40 bits per heavy atom. The fourth-order valence-corrected chi connectivity index (χ4v) is 4.83. The quantitative estimate of drug-likeness (QED) is 0.345. The molecular weight excluding hydrogens is 591 g/mol. The molecule has 0 unspecified atom stereocenters. The SMILES string of the molecule is CC(C)(C)OC(=O)N1CC(F)(F)CC[C@@H]1Cc1ccc(Cl)cc1.Cl.FC1(F)CC[C@H](Cc2ccc(Cl)cc2)NC1. The van der Waals surface area contributed by atoms with Gasteiger partial charge in [-0.1, -0.05) is 47.5 Å². The number of halogens is 7. The second-order valence-corrected chi connectivity index (χ2v) is 12.2. The summed E-state index contributed by atoms with van der Waals surface area (Å²) in [6.45, 7) is 4.37. The largest absolute Gasteiger partial charge is 0.444 e. The van der Waals surface area contributed by atoms with Gasteiger partial charge >= 0.3 is 6.09 Å². The summed E-state index contributed by atoms with van der Waals surface area (Å²) in [5.41, 5.74) is 1.37. The minimum atomic E-state index is -2.87. The van der Waals surface area contributed by atoms with Gasteiger partial charge in [-0.15, -0.1) is 12.4 Å². The van der Waals surface area contributed by atoms with Crippen molar-refractivity contribution in [1.29, 1.82) is 0 Å². The first-order chi connectivity index (χ1) is 18.1. The molecule has 11 heteroatoms. The van der Waals surface area contributed by atoms with E-state index in [1.807, 2.05) is 36.4 Å². The lowest BCUT2D eigenvalue weighted by atomic mass is 9.94. The van der Waals surface area contributed by atoms with Crippen LogP contribution in [0.4, 0.5) is 22.4 Å². The number of alkyl halides is 4. The zero-order valence-electron chi connectivity index (χ0n) is 22.9. The third-order valence-corrected chi connectivity index (χ3v) is 7.11. The summed E-state index contributed by atoms with van der Waals surface area (Å²) in [5.74, 6) is -5.40. The number of carbonyl (C=O) groups excluding carboxylic acids is 1. The molecule has 2 saturated heterocycles. The Labute approximate surface area is 250 Å². The summed E-state index contributed by atoms with van der Waals surface area (Å²) < 4.78 is 58.6. The maximum Gasteiger partial charge on any atom is 0.410 e. The number of hydrogen-bond acceptors (Lipinski definition) is 3. The highest BCUT2D eigenvalue weighted by atomic mass is 35.5. The molecule has 224 valence electrons. The number of amides is 1. The molecule has 2 fully saturated rings. The number of benzene rings is 2. The molecular formula is C29H37Cl3F4N2O2. The first-order valence-electron chi connectivity index (χ1n) is 13.1. The molecule has 2 atom stereocenters. The first-order valence-corrected chi connectivity index (χ1v) is 13.8. The Kier molecular flexibility index (Phi) is 12.4. The Balaban J connectivity index is 0.000000290. The molecule has 2 aliphatic rings. The van der Waals surface area contributed by atoms with E-state index in [9.17, 15) is 22.4 Å². The normalized spacial score (nSPS) is 21.9. The summed E-state index contributed by atoms with van der Waals surface area (Å²) in [7, 11) is 0. The number of nitrogens with one attached hydrogen (secondary N) is 1. The van der Waals surface area contributed by atoms with Crippen LogP contribution in [0.15, 0.2) is 48.5 Å². The highest BCUT2D eigenvalue weighted by Crippen LogP contribution is 2.33. The van der Waals surface area contributed by atoms with Gasteiger partial charge in [0.25, 0.3) is 11.8 Å². The average Bonchev–Trinajstić information content (AvgIpc) is 2.83. The zero-order valence-corrected chi connectivity index (χ0v) is 25.2.